The third-order valence-corrected chi connectivity index (χ3v) is 5.79. The molecule has 1 atom stereocenters. The van der Waals surface area contributed by atoms with Crippen LogP contribution in [0.1, 0.15) is 28.8 Å². The van der Waals surface area contributed by atoms with Gasteiger partial charge in [0.1, 0.15) is 5.75 Å². The van der Waals surface area contributed by atoms with Gasteiger partial charge in [0.2, 0.25) is 5.91 Å². The molecule has 0 radical (unpaired) electrons. The van der Waals surface area contributed by atoms with Crippen molar-refractivity contribution in [3.05, 3.63) is 83.9 Å². The average molecular weight is 481 g/mol. The molecule has 3 aromatic rings. The fourth-order valence-corrected chi connectivity index (χ4v) is 4.18. The van der Waals surface area contributed by atoms with E-state index >= 15 is 0 Å². The van der Waals surface area contributed by atoms with Crippen LogP contribution in [0.4, 0.5) is 25.8 Å². The Morgan fingerprint density at radius 1 is 1.03 bits per heavy atom. The van der Waals surface area contributed by atoms with Crippen LogP contribution in [0.25, 0.3) is 0 Å². The average Bonchev–Trinajstić information content (AvgIpc) is 3.29. The highest BCUT2D eigenvalue weighted by atomic mass is 19.3. The summed E-state index contributed by atoms with van der Waals surface area (Å²) in [4.78, 5) is 26.8. The summed E-state index contributed by atoms with van der Waals surface area (Å²) in [6.45, 7) is -1.52. The number of nitrogens with zero attached hydrogens (tertiary/aromatic N) is 1. The van der Waals surface area contributed by atoms with E-state index in [1.165, 1.54) is 12.1 Å². The fourth-order valence-electron chi connectivity index (χ4n) is 4.18. The highest BCUT2D eigenvalue weighted by molar-refractivity contribution is 6.08. The van der Waals surface area contributed by atoms with Crippen LogP contribution in [0.5, 0.6) is 5.75 Å². The van der Waals surface area contributed by atoms with Crippen molar-refractivity contribution in [3.63, 3.8) is 0 Å². The summed E-state index contributed by atoms with van der Waals surface area (Å²) in [5, 5.41) is 6.06. The topological polar surface area (TPSA) is 96.7 Å². The lowest BCUT2D eigenvalue weighted by molar-refractivity contribution is -0.122. The number of hydrogen-bond donors (Lipinski definition) is 3. The molecule has 1 aliphatic rings. The lowest BCUT2D eigenvalue weighted by atomic mass is 10.1. The summed E-state index contributed by atoms with van der Waals surface area (Å²) < 4.78 is 29.1. The highest BCUT2D eigenvalue weighted by Gasteiger charge is 2.28. The van der Waals surface area contributed by atoms with Gasteiger partial charge in [0.05, 0.1) is 17.3 Å². The van der Waals surface area contributed by atoms with Gasteiger partial charge in [-0.25, -0.2) is 0 Å². The molecule has 1 heterocycles. The van der Waals surface area contributed by atoms with Crippen molar-refractivity contribution in [2.45, 2.75) is 32.0 Å². The summed E-state index contributed by atoms with van der Waals surface area (Å²) in [5.74, 6) is -0.570. The van der Waals surface area contributed by atoms with Gasteiger partial charge in [0.15, 0.2) is 0 Å². The second kappa shape index (κ2) is 11.0. The Hall–Kier alpha value is -3.98. The third-order valence-electron chi connectivity index (χ3n) is 5.79. The molecule has 0 saturated carbocycles. The van der Waals surface area contributed by atoms with Gasteiger partial charge in [-0.2, -0.15) is 8.78 Å². The number of rotatable bonds is 9. The van der Waals surface area contributed by atoms with Crippen molar-refractivity contribution in [2.24, 2.45) is 5.73 Å². The lowest BCUT2D eigenvalue weighted by Crippen LogP contribution is -2.39. The fraction of sp³-hybridized carbons (Fsp3) is 0.231. The molecule has 0 spiro atoms. The van der Waals surface area contributed by atoms with Crippen LogP contribution in [-0.4, -0.2) is 35.9 Å². The van der Waals surface area contributed by atoms with Crippen LogP contribution in [0.3, 0.4) is 0 Å². The Morgan fingerprint density at radius 3 is 2.54 bits per heavy atom. The largest absolute Gasteiger partial charge is 0.435 e. The summed E-state index contributed by atoms with van der Waals surface area (Å²) >= 11 is 0. The number of alkyl halides is 2. The van der Waals surface area contributed by atoms with Gasteiger partial charge in [0, 0.05) is 17.9 Å². The number of hydrogen-bond acceptors (Lipinski definition) is 5. The minimum Gasteiger partial charge on any atom is -0.435 e. The van der Waals surface area contributed by atoms with Crippen molar-refractivity contribution in [2.75, 3.05) is 17.2 Å². The number of nitrogens with one attached hydrogen (secondary N) is 2. The summed E-state index contributed by atoms with van der Waals surface area (Å²) in [7, 11) is 0. The quantitative estimate of drug-likeness (QED) is 0.411. The smallest absolute Gasteiger partial charge is 0.387 e. The van der Waals surface area contributed by atoms with E-state index in [1.54, 1.807) is 42.5 Å². The molecule has 9 heteroatoms. The molecule has 3 aromatic carbocycles. The maximum atomic E-state index is 13.1. The van der Waals surface area contributed by atoms with Crippen molar-refractivity contribution in [1.82, 2.24) is 4.90 Å². The second-order valence-electron chi connectivity index (χ2n) is 8.26. The van der Waals surface area contributed by atoms with Crippen LogP contribution in [-0.2, 0) is 11.3 Å². The number of carbonyl (C=O) groups is 2. The Kier molecular flexibility index (Phi) is 7.57. The second-order valence-corrected chi connectivity index (χ2v) is 8.26. The van der Waals surface area contributed by atoms with E-state index in [2.05, 4.69) is 20.3 Å². The first-order valence-corrected chi connectivity index (χ1v) is 11.2. The number of para-hydroxylation sites is 1. The van der Waals surface area contributed by atoms with E-state index in [1.807, 2.05) is 18.2 Å². The van der Waals surface area contributed by atoms with Crippen molar-refractivity contribution in [1.29, 1.82) is 0 Å². The van der Waals surface area contributed by atoms with Gasteiger partial charge in [-0.1, -0.05) is 24.3 Å². The molecular formula is C26H26F2N4O3. The Morgan fingerprint density at radius 2 is 1.80 bits per heavy atom. The van der Waals surface area contributed by atoms with Gasteiger partial charge in [-0.15, -0.1) is 0 Å². The molecular weight excluding hydrogens is 454 g/mol. The van der Waals surface area contributed by atoms with Gasteiger partial charge in [0.25, 0.3) is 5.91 Å². The summed E-state index contributed by atoms with van der Waals surface area (Å²) in [6, 6.07) is 20.2. The lowest BCUT2D eigenvalue weighted by Gasteiger charge is -2.22. The zero-order chi connectivity index (χ0) is 24.8. The predicted octanol–water partition coefficient (Wildman–Crippen LogP) is 4.73. The minimum atomic E-state index is -2.89. The molecule has 4 N–H and O–H groups in total. The number of anilines is 3. The van der Waals surface area contributed by atoms with Crippen molar-refractivity contribution in [3.8, 4) is 5.75 Å². The number of benzene rings is 3. The van der Waals surface area contributed by atoms with Gasteiger partial charge in [-0.05, 0) is 73.5 Å². The zero-order valence-electron chi connectivity index (χ0n) is 18.9. The maximum absolute atomic E-state index is 13.1. The summed E-state index contributed by atoms with van der Waals surface area (Å²) in [6.07, 6.45) is 1.69. The molecule has 182 valence electrons. The minimum absolute atomic E-state index is 0.0486. The van der Waals surface area contributed by atoms with Crippen molar-refractivity contribution < 1.29 is 23.1 Å². The SMILES string of the molecule is NC(=O)C1CCCN1Cc1cccc(NC(=O)c2ccccc2Nc2ccc(OC(F)F)cc2)c1. The molecule has 0 aliphatic carbocycles. The van der Waals surface area contributed by atoms with Crippen LogP contribution in [0.15, 0.2) is 72.8 Å². The van der Waals surface area contributed by atoms with E-state index in [9.17, 15) is 18.4 Å². The molecule has 1 saturated heterocycles. The van der Waals surface area contributed by atoms with Crippen LogP contribution in [0.2, 0.25) is 0 Å². The number of nitrogens with two attached hydrogens (primary N) is 1. The number of likely N-dealkylation sites (tertiary alicyclic amines) is 1. The molecule has 0 aromatic heterocycles. The Labute approximate surface area is 201 Å². The van der Waals surface area contributed by atoms with Gasteiger partial charge in [-0.3, -0.25) is 14.5 Å². The summed E-state index contributed by atoms with van der Waals surface area (Å²) in [5.41, 5.74) is 8.70. The van der Waals surface area contributed by atoms with Gasteiger partial charge < -0.3 is 21.1 Å². The molecule has 1 unspecified atom stereocenters. The Balaban J connectivity index is 1.44. The number of ether oxygens (including phenoxy) is 1. The van der Waals surface area contributed by atoms with E-state index in [0.29, 0.717) is 29.2 Å². The van der Waals surface area contributed by atoms with E-state index in [-0.39, 0.29) is 23.6 Å². The zero-order valence-corrected chi connectivity index (χ0v) is 18.9. The van der Waals surface area contributed by atoms with Crippen LogP contribution in [0, 0.1) is 0 Å². The van der Waals surface area contributed by atoms with E-state index < -0.39 is 6.61 Å². The van der Waals surface area contributed by atoms with Gasteiger partial charge >= 0.3 is 6.61 Å². The van der Waals surface area contributed by atoms with Crippen molar-refractivity contribution >= 4 is 28.9 Å². The van der Waals surface area contributed by atoms with E-state index in [0.717, 1.165) is 24.9 Å². The molecule has 35 heavy (non-hydrogen) atoms. The van der Waals surface area contributed by atoms with E-state index in [4.69, 9.17) is 5.73 Å². The molecule has 1 aliphatic heterocycles. The monoisotopic (exact) mass is 480 g/mol. The molecule has 4 rings (SSSR count). The number of amides is 2. The predicted molar refractivity (Wildman–Crippen MR) is 130 cm³/mol. The Bertz CT molecular complexity index is 1190. The first kappa shape index (κ1) is 24.2. The molecule has 1 fully saturated rings. The normalized spacial score (nSPS) is 15.7. The first-order valence-electron chi connectivity index (χ1n) is 11.2. The van der Waals surface area contributed by atoms with Crippen LogP contribution < -0.4 is 21.1 Å². The van der Waals surface area contributed by atoms with Crippen LogP contribution >= 0.6 is 0 Å². The maximum Gasteiger partial charge on any atom is 0.387 e. The molecule has 7 nitrogen and oxygen atoms in total. The molecule has 2 amide bonds. The standard InChI is InChI=1S/C26H26F2N4O3/c27-26(28)35-20-12-10-18(11-13-20)30-22-8-2-1-7-21(22)25(34)31-19-6-3-5-17(15-19)16-32-14-4-9-23(32)24(29)33/h1-3,5-8,10-13,15,23,26,30H,4,9,14,16H2,(H2,29,33)(H,31,34). The number of halogens is 2. The number of carbonyl (C=O) groups excluding carboxylic acids is 2. The highest BCUT2D eigenvalue weighted by Crippen LogP contribution is 2.25. The number of primary amides is 1. The third kappa shape index (κ3) is 6.33. The first-order chi connectivity index (χ1) is 16.9. The molecule has 0 bridgehead atoms.